The van der Waals surface area contributed by atoms with E-state index < -0.39 is 5.60 Å². The summed E-state index contributed by atoms with van der Waals surface area (Å²) in [5, 5.41) is 13.1. The Labute approximate surface area is 155 Å². The van der Waals surface area contributed by atoms with Crippen LogP contribution in [0.4, 0.5) is 0 Å². The average Bonchev–Trinajstić information content (AvgIpc) is 3.15. The van der Waals surface area contributed by atoms with Crippen LogP contribution in [-0.4, -0.2) is 47.1 Å². The Balaban J connectivity index is 1.61. The van der Waals surface area contributed by atoms with Crippen LogP contribution in [-0.2, 0) is 5.60 Å². The van der Waals surface area contributed by atoms with Crippen molar-refractivity contribution in [3.8, 4) is 11.1 Å². The molecule has 0 spiro atoms. The van der Waals surface area contributed by atoms with Crippen molar-refractivity contribution >= 4 is 5.91 Å². The number of amides is 1. The topological polar surface area (TPSA) is 65.5 Å². The minimum atomic E-state index is -0.932. The molecule has 3 rings (SSSR count). The van der Waals surface area contributed by atoms with E-state index in [0.717, 1.165) is 36.3 Å². The standard InChI is InChI=1S/C21H27N3O2/c1-21(2,26)19-13-18(14-22-15-19)16-5-7-17(8-6-16)20(25)23-9-12-24-10-3-4-11-24/h5-8,13-15,26H,3-4,9-12H2,1-2H3,(H,23,25). The number of hydrogen-bond donors (Lipinski definition) is 2. The van der Waals surface area contributed by atoms with Crippen LogP contribution in [0.15, 0.2) is 42.7 Å². The number of hydrogen-bond acceptors (Lipinski definition) is 4. The molecular formula is C21H27N3O2. The molecule has 5 nitrogen and oxygen atoms in total. The highest BCUT2D eigenvalue weighted by Gasteiger charge is 2.17. The molecule has 0 saturated carbocycles. The molecule has 2 heterocycles. The monoisotopic (exact) mass is 353 g/mol. The van der Waals surface area contributed by atoms with E-state index in [1.807, 2.05) is 30.3 Å². The van der Waals surface area contributed by atoms with Crippen molar-refractivity contribution < 1.29 is 9.90 Å². The van der Waals surface area contributed by atoms with Gasteiger partial charge in [-0.15, -0.1) is 0 Å². The van der Waals surface area contributed by atoms with Crippen LogP contribution >= 0.6 is 0 Å². The Morgan fingerprint density at radius 1 is 1.15 bits per heavy atom. The van der Waals surface area contributed by atoms with Gasteiger partial charge >= 0.3 is 0 Å². The molecule has 0 radical (unpaired) electrons. The number of benzene rings is 1. The van der Waals surface area contributed by atoms with E-state index in [0.29, 0.717) is 12.1 Å². The minimum absolute atomic E-state index is 0.0425. The quantitative estimate of drug-likeness (QED) is 0.838. The van der Waals surface area contributed by atoms with Crippen molar-refractivity contribution in [2.75, 3.05) is 26.2 Å². The summed E-state index contributed by atoms with van der Waals surface area (Å²) < 4.78 is 0. The van der Waals surface area contributed by atoms with Crippen LogP contribution in [0.1, 0.15) is 42.6 Å². The molecule has 1 aromatic heterocycles. The van der Waals surface area contributed by atoms with E-state index in [4.69, 9.17) is 0 Å². The summed E-state index contributed by atoms with van der Waals surface area (Å²) in [5.74, 6) is -0.0425. The highest BCUT2D eigenvalue weighted by Crippen LogP contribution is 2.25. The zero-order valence-electron chi connectivity index (χ0n) is 15.5. The van der Waals surface area contributed by atoms with Gasteiger partial charge in [0.15, 0.2) is 0 Å². The molecule has 1 aliphatic rings. The van der Waals surface area contributed by atoms with Gasteiger partial charge in [0, 0.05) is 42.2 Å². The molecule has 1 amide bonds. The molecule has 138 valence electrons. The fraction of sp³-hybridized carbons (Fsp3) is 0.429. The zero-order valence-corrected chi connectivity index (χ0v) is 15.5. The number of nitrogens with zero attached hydrogens (tertiary/aromatic N) is 2. The maximum atomic E-state index is 12.3. The molecular weight excluding hydrogens is 326 g/mol. The maximum Gasteiger partial charge on any atom is 0.251 e. The van der Waals surface area contributed by atoms with Gasteiger partial charge in [-0.05, 0) is 63.5 Å². The molecule has 1 fully saturated rings. The van der Waals surface area contributed by atoms with Crippen LogP contribution in [0.2, 0.25) is 0 Å². The smallest absolute Gasteiger partial charge is 0.251 e. The van der Waals surface area contributed by atoms with Crippen LogP contribution in [0.25, 0.3) is 11.1 Å². The number of rotatable bonds is 6. The van der Waals surface area contributed by atoms with Crippen molar-refractivity contribution in [1.29, 1.82) is 0 Å². The fourth-order valence-electron chi connectivity index (χ4n) is 3.18. The lowest BCUT2D eigenvalue weighted by Crippen LogP contribution is -2.33. The molecule has 0 unspecified atom stereocenters. The predicted molar refractivity (Wildman–Crippen MR) is 103 cm³/mol. The number of aromatic nitrogens is 1. The number of carbonyl (C=O) groups is 1. The van der Waals surface area contributed by atoms with Crippen molar-refractivity contribution in [2.24, 2.45) is 0 Å². The fourth-order valence-corrected chi connectivity index (χ4v) is 3.18. The maximum absolute atomic E-state index is 12.3. The van der Waals surface area contributed by atoms with E-state index in [9.17, 15) is 9.90 Å². The number of carbonyl (C=O) groups excluding carboxylic acids is 1. The third kappa shape index (κ3) is 4.68. The van der Waals surface area contributed by atoms with Gasteiger partial charge in [-0.2, -0.15) is 0 Å². The Morgan fingerprint density at radius 3 is 2.50 bits per heavy atom. The normalized spacial score (nSPS) is 15.2. The molecule has 2 N–H and O–H groups in total. The summed E-state index contributed by atoms with van der Waals surface area (Å²) in [6.45, 7) is 7.36. The first kappa shape index (κ1) is 18.5. The Morgan fingerprint density at radius 2 is 1.85 bits per heavy atom. The minimum Gasteiger partial charge on any atom is -0.386 e. The summed E-state index contributed by atoms with van der Waals surface area (Å²) in [5.41, 5.74) is 2.38. The Hall–Kier alpha value is -2.24. The van der Waals surface area contributed by atoms with Crippen LogP contribution in [0, 0.1) is 0 Å². The third-order valence-corrected chi connectivity index (χ3v) is 4.84. The first-order valence-corrected chi connectivity index (χ1v) is 9.22. The van der Waals surface area contributed by atoms with Crippen molar-refractivity contribution in [3.63, 3.8) is 0 Å². The lowest BCUT2D eigenvalue weighted by molar-refractivity contribution is 0.0782. The van der Waals surface area contributed by atoms with E-state index in [2.05, 4.69) is 15.2 Å². The molecule has 1 aromatic carbocycles. The average molecular weight is 353 g/mol. The highest BCUT2D eigenvalue weighted by molar-refractivity contribution is 5.94. The molecule has 1 aliphatic heterocycles. The molecule has 0 atom stereocenters. The van der Waals surface area contributed by atoms with Crippen LogP contribution < -0.4 is 5.32 Å². The van der Waals surface area contributed by atoms with Gasteiger partial charge in [0.05, 0.1) is 5.60 Å². The third-order valence-electron chi connectivity index (χ3n) is 4.84. The SMILES string of the molecule is CC(C)(O)c1cncc(-c2ccc(C(=O)NCCN3CCCC3)cc2)c1. The largest absolute Gasteiger partial charge is 0.386 e. The molecule has 0 aliphatic carbocycles. The summed E-state index contributed by atoms with van der Waals surface area (Å²) >= 11 is 0. The lowest BCUT2D eigenvalue weighted by atomic mass is 9.96. The molecule has 2 aromatic rings. The van der Waals surface area contributed by atoms with Crippen LogP contribution in [0.5, 0.6) is 0 Å². The van der Waals surface area contributed by atoms with Crippen LogP contribution in [0.3, 0.4) is 0 Å². The molecule has 5 heteroatoms. The number of likely N-dealkylation sites (tertiary alicyclic amines) is 1. The lowest BCUT2D eigenvalue weighted by Gasteiger charge is -2.18. The first-order chi connectivity index (χ1) is 12.4. The summed E-state index contributed by atoms with van der Waals surface area (Å²) in [7, 11) is 0. The second kappa shape index (κ2) is 7.98. The van der Waals surface area contributed by atoms with Gasteiger partial charge in [-0.25, -0.2) is 0 Å². The number of nitrogens with one attached hydrogen (secondary N) is 1. The van der Waals surface area contributed by atoms with E-state index in [-0.39, 0.29) is 5.91 Å². The Bertz CT molecular complexity index is 745. The zero-order chi connectivity index (χ0) is 18.6. The highest BCUT2D eigenvalue weighted by atomic mass is 16.3. The van der Waals surface area contributed by atoms with Crippen molar-refractivity contribution in [3.05, 3.63) is 53.9 Å². The predicted octanol–water partition coefficient (Wildman–Crippen LogP) is 2.80. The van der Waals surface area contributed by atoms with E-state index in [1.54, 1.807) is 26.2 Å². The molecule has 1 saturated heterocycles. The van der Waals surface area contributed by atoms with Gasteiger partial charge in [0.25, 0.3) is 5.91 Å². The van der Waals surface area contributed by atoms with Gasteiger partial charge in [-0.1, -0.05) is 12.1 Å². The second-order valence-corrected chi connectivity index (χ2v) is 7.40. The second-order valence-electron chi connectivity index (χ2n) is 7.40. The summed E-state index contributed by atoms with van der Waals surface area (Å²) in [6.07, 6.45) is 5.96. The van der Waals surface area contributed by atoms with Gasteiger partial charge in [-0.3, -0.25) is 9.78 Å². The summed E-state index contributed by atoms with van der Waals surface area (Å²) in [4.78, 5) is 18.9. The van der Waals surface area contributed by atoms with Crippen molar-refractivity contribution in [1.82, 2.24) is 15.2 Å². The van der Waals surface area contributed by atoms with E-state index >= 15 is 0 Å². The van der Waals surface area contributed by atoms with Gasteiger partial charge < -0.3 is 15.3 Å². The van der Waals surface area contributed by atoms with Crippen molar-refractivity contribution in [2.45, 2.75) is 32.3 Å². The first-order valence-electron chi connectivity index (χ1n) is 9.22. The van der Waals surface area contributed by atoms with Gasteiger partial charge in [0.2, 0.25) is 0 Å². The Kier molecular flexibility index (Phi) is 5.69. The van der Waals surface area contributed by atoms with E-state index in [1.165, 1.54) is 12.8 Å². The van der Waals surface area contributed by atoms with Gasteiger partial charge in [0.1, 0.15) is 0 Å². The molecule has 26 heavy (non-hydrogen) atoms. The molecule has 0 bridgehead atoms. The number of pyridine rings is 1. The number of aliphatic hydroxyl groups is 1. The summed E-state index contributed by atoms with van der Waals surface area (Å²) in [6, 6.07) is 9.42.